The Morgan fingerprint density at radius 1 is 1.50 bits per heavy atom. The predicted molar refractivity (Wildman–Crippen MR) is 61.3 cm³/mol. The topological polar surface area (TPSA) is 41.3 Å². The minimum Gasteiger partial charge on any atom is -0.330 e. The SMILES string of the molecule is CC(C)CNCCN1CCC(CN)C1. The van der Waals surface area contributed by atoms with Gasteiger partial charge in [-0.15, -0.1) is 0 Å². The van der Waals surface area contributed by atoms with E-state index in [2.05, 4.69) is 24.1 Å². The van der Waals surface area contributed by atoms with Crippen molar-refractivity contribution >= 4 is 0 Å². The summed E-state index contributed by atoms with van der Waals surface area (Å²) < 4.78 is 0. The zero-order valence-corrected chi connectivity index (χ0v) is 9.63. The molecule has 0 bridgehead atoms. The van der Waals surface area contributed by atoms with Gasteiger partial charge in [0.1, 0.15) is 0 Å². The van der Waals surface area contributed by atoms with E-state index in [1.807, 2.05) is 0 Å². The molecular formula is C11H25N3. The quantitative estimate of drug-likeness (QED) is 0.613. The van der Waals surface area contributed by atoms with Crippen LogP contribution < -0.4 is 11.1 Å². The second-order valence-electron chi connectivity index (χ2n) is 4.79. The van der Waals surface area contributed by atoms with Crippen LogP contribution in [0.5, 0.6) is 0 Å². The molecule has 3 N–H and O–H groups in total. The van der Waals surface area contributed by atoms with Crippen LogP contribution in [0.2, 0.25) is 0 Å². The Bertz CT molecular complexity index is 147. The van der Waals surface area contributed by atoms with Gasteiger partial charge < -0.3 is 16.0 Å². The van der Waals surface area contributed by atoms with Gasteiger partial charge in [0.15, 0.2) is 0 Å². The number of hydrogen-bond donors (Lipinski definition) is 2. The van der Waals surface area contributed by atoms with Crippen molar-refractivity contribution in [2.45, 2.75) is 20.3 Å². The summed E-state index contributed by atoms with van der Waals surface area (Å²) in [4.78, 5) is 2.52. The van der Waals surface area contributed by atoms with Gasteiger partial charge in [-0.25, -0.2) is 0 Å². The van der Waals surface area contributed by atoms with Crippen LogP contribution >= 0.6 is 0 Å². The first-order valence-electron chi connectivity index (χ1n) is 5.85. The fourth-order valence-electron chi connectivity index (χ4n) is 1.94. The third-order valence-corrected chi connectivity index (χ3v) is 2.86. The van der Waals surface area contributed by atoms with Crippen molar-refractivity contribution in [2.75, 3.05) is 39.3 Å². The predicted octanol–water partition coefficient (Wildman–Crippen LogP) is 0.513. The van der Waals surface area contributed by atoms with Gasteiger partial charge in [-0.3, -0.25) is 0 Å². The molecule has 1 fully saturated rings. The van der Waals surface area contributed by atoms with Gasteiger partial charge in [0, 0.05) is 19.6 Å². The molecule has 1 rings (SSSR count). The fourth-order valence-corrected chi connectivity index (χ4v) is 1.94. The van der Waals surface area contributed by atoms with Crippen molar-refractivity contribution in [3.63, 3.8) is 0 Å². The number of hydrogen-bond acceptors (Lipinski definition) is 3. The zero-order valence-electron chi connectivity index (χ0n) is 9.63. The van der Waals surface area contributed by atoms with E-state index in [1.165, 1.54) is 26.1 Å². The van der Waals surface area contributed by atoms with E-state index in [9.17, 15) is 0 Å². The van der Waals surface area contributed by atoms with Gasteiger partial charge in [0.05, 0.1) is 0 Å². The molecule has 3 nitrogen and oxygen atoms in total. The van der Waals surface area contributed by atoms with Crippen LogP contribution in [0.25, 0.3) is 0 Å². The largest absolute Gasteiger partial charge is 0.330 e. The molecule has 0 radical (unpaired) electrons. The minimum absolute atomic E-state index is 0.750. The normalized spacial score (nSPS) is 23.6. The first-order chi connectivity index (χ1) is 6.72. The van der Waals surface area contributed by atoms with Crippen LogP contribution in [0.4, 0.5) is 0 Å². The molecule has 1 heterocycles. The summed E-state index contributed by atoms with van der Waals surface area (Å²) in [6, 6.07) is 0. The van der Waals surface area contributed by atoms with Gasteiger partial charge in [-0.05, 0) is 37.9 Å². The molecule has 0 amide bonds. The van der Waals surface area contributed by atoms with Crippen LogP contribution in [0.3, 0.4) is 0 Å². The van der Waals surface area contributed by atoms with Crippen molar-refractivity contribution in [1.82, 2.24) is 10.2 Å². The molecule has 0 aromatic rings. The van der Waals surface area contributed by atoms with Crippen LogP contribution in [-0.4, -0.2) is 44.2 Å². The molecule has 3 heteroatoms. The molecule has 0 aliphatic carbocycles. The summed E-state index contributed by atoms with van der Waals surface area (Å²) >= 11 is 0. The van der Waals surface area contributed by atoms with Gasteiger partial charge >= 0.3 is 0 Å². The molecule has 0 saturated carbocycles. The molecule has 1 aliphatic rings. The van der Waals surface area contributed by atoms with Gasteiger partial charge in [0.2, 0.25) is 0 Å². The summed E-state index contributed by atoms with van der Waals surface area (Å²) in [6.45, 7) is 11.2. The Labute approximate surface area is 88.0 Å². The van der Waals surface area contributed by atoms with Crippen LogP contribution in [0.1, 0.15) is 20.3 Å². The first kappa shape index (κ1) is 12.0. The van der Waals surface area contributed by atoms with E-state index in [0.717, 1.165) is 31.5 Å². The smallest absolute Gasteiger partial charge is 0.0107 e. The highest BCUT2D eigenvalue weighted by Crippen LogP contribution is 2.13. The Hall–Kier alpha value is -0.120. The second kappa shape index (κ2) is 6.38. The monoisotopic (exact) mass is 199 g/mol. The highest BCUT2D eigenvalue weighted by atomic mass is 15.2. The van der Waals surface area contributed by atoms with Crippen molar-refractivity contribution in [2.24, 2.45) is 17.6 Å². The van der Waals surface area contributed by atoms with E-state index in [1.54, 1.807) is 0 Å². The standard InChI is InChI=1S/C11H25N3/c1-10(2)8-13-4-6-14-5-3-11(7-12)9-14/h10-11,13H,3-9,12H2,1-2H3. The van der Waals surface area contributed by atoms with E-state index in [4.69, 9.17) is 5.73 Å². The Morgan fingerprint density at radius 3 is 2.86 bits per heavy atom. The van der Waals surface area contributed by atoms with Crippen molar-refractivity contribution in [3.8, 4) is 0 Å². The molecule has 0 aromatic heterocycles. The lowest BCUT2D eigenvalue weighted by Gasteiger charge is -2.16. The summed E-state index contributed by atoms with van der Waals surface area (Å²) in [5, 5.41) is 3.47. The molecule has 14 heavy (non-hydrogen) atoms. The van der Waals surface area contributed by atoms with E-state index in [-0.39, 0.29) is 0 Å². The third-order valence-electron chi connectivity index (χ3n) is 2.86. The average molecular weight is 199 g/mol. The number of nitrogens with two attached hydrogens (primary N) is 1. The fraction of sp³-hybridized carbons (Fsp3) is 1.00. The van der Waals surface area contributed by atoms with E-state index >= 15 is 0 Å². The lowest BCUT2D eigenvalue weighted by Crippen LogP contribution is -2.32. The summed E-state index contributed by atoms with van der Waals surface area (Å²) in [5.41, 5.74) is 5.65. The van der Waals surface area contributed by atoms with E-state index < -0.39 is 0 Å². The number of likely N-dealkylation sites (tertiary alicyclic amines) is 1. The highest BCUT2D eigenvalue weighted by Gasteiger charge is 2.20. The number of nitrogens with one attached hydrogen (secondary N) is 1. The van der Waals surface area contributed by atoms with Gasteiger partial charge in [0.25, 0.3) is 0 Å². The third kappa shape index (κ3) is 4.40. The highest BCUT2D eigenvalue weighted by molar-refractivity contribution is 4.76. The maximum atomic E-state index is 5.65. The van der Waals surface area contributed by atoms with Crippen LogP contribution in [0.15, 0.2) is 0 Å². The molecule has 84 valence electrons. The summed E-state index contributed by atoms with van der Waals surface area (Å²) in [7, 11) is 0. The van der Waals surface area contributed by atoms with Crippen molar-refractivity contribution in [1.29, 1.82) is 0 Å². The van der Waals surface area contributed by atoms with Crippen LogP contribution in [0, 0.1) is 11.8 Å². The first-order valence-corrected chi connectivity index (χ1v) is 5.85. The molecular weight excluding hydrogens is 174 g/mol. The maximum Gasteiger partial charge on any atom is 0.0107 e. The Kier molecular flexibility index (Phi) is 5.45. The zero-order chi connectivity index (χ0) is 10.4. The lowest BCUT2D eigenvalue weighted by atomic mass is 10.1. The molecule has 1 unspecified atom stereocenters. The molecule has 1 aliphatic heterocycles. The van der Waals surface area contributed by atoms with Gasteiger partial charge in [-0.2, -0.15) is 0 Å². The molecule has 1 atom stereocenters. The van der Waals surface area contributed by atoms with Gasteiger partial charge in [-0.1, -0.05) is 13.8 Å². The Balaban J connectivity index is 1.97. The average Bonchev–Trinajstić information content (AvgIpc) is 2.60. The molecule has 1 saturated heterocycles. The molecule has 0 aromatic carbocycles. The summed E-state index contributed by atoms with van der Waals surface area (Å²) in [6.07, 6.45) is 1.29. The van der Waals surface area contributed by atoms with Crippen molar-refractivity contribution in [3.05, 3.63) is 0 Å². The second-order valence-corrected chi connectivity index (χ2v) is 4.79. The minimum atomic E-state index is 0.750. The number of rotatable bonds is 6. The summed E-state index contributed by atoms with van der Waals surface area (Å²) in [5.74, 6) is 1.51. The maximum absolute atomic E-state index is 5.65. The van der Waals surface area contributed by atoms with Crippen LogP contribution in [-0.2, 0) is 0 Å². The molecule has 0 spiro atoms. The lowest BCUT2D eigenvalue weighted by molar-refractivity contribution is 0.320. The van der Waals surface area contributed by atoms with E-state index in [0.29, 0.717) is 0 Å². The van der Waals surface area contributed by atoms with Crippen molar-refractivity contribution < 1.29 is 0 Å². The Morgan fingerprint density at radius 2 is 2.29 bits per heavy atom. The number of nitrogens with zero attached hydrogens (tertiary/aromatic N) is 1.